The quantitative estimate of drug-likeness (QED) is 0.738. The molecule has 1 aliphatic heterocycles. The van der Waals surface area contributed by atoms with E-state index in [1.54, 1.807) is 13.2 Å². The molecule has 4 N–H and O–H groups in total. The maximum atomic E-state index is 5.66. The number of hydrogen-bond acceptors (Lipinski definition) is 5. The maximum Gasteiger partial charge on any atom is 0.149 e. The largest absolute Gasteiger partial charge is 0.396 e. The lowest BCUT2D eigenvalue weighted by Gasteiger charge is -2.17. The van der Waals surface area contributed by atoms with E-state index in [1.165, 1.54) is 0 Å². The fourth-order valence-corrected chi connectivity index (χ4v) is 1.78. The van der Waals surface area contributed by atoms with Gasteiger partial charge in [-0.05, 0) is 18.6 Å². The van der Waals surface area contributed by atoms with Gasteiger partial charge in [0.15, 0.2) is 0 Å². The number of nitrogens with zero attached hydrogens (tertiary/aromatic N) is 2. The minimum absolute atomic E-state index is 0.297. The molecule has 2 rings (SSSR count). The van der Waals surface area contributed by atoms with Gasteiger partial charge in [0.2, 0.25) is 0 Å². The van der Waals surface area contributed by atoms with Crippen molar-refractivity contribution in [3.05, 3.63) is 12.1 Å². The van der Waals surface area contributed by atoms with Crippen LogP contribution in [-0.4, -0.2) is 31.3 Å². The van der Waals surface area contributed by atoms with Crippen LogP contribution in [0.4, 0.5) is 17.3 Å². The summed E-state index contributed by atoms with van der Waals surface area (Å²) in [4.78, 5) is 6.40. The molecule has 0 aliphatic carbocycles. The Morgan fingerprint density at radius 2 is 2.27 bits per heavy atom. The van der Waals surface area contributed by atoms with Gasteiger partial charge < -0.3 is 21.1 Å². The number of rotatable bonds is 2. The fourth-order valence-electron chi connectivity index (χ4n) is 1.78. The summed E-state index contributed by atoms with van der Waals surface area (Å²) in [6, 6.07) is 3.68. The molecule has 0 aromatic carbocycles. The minimum Gasteiger partial charge on any atom is -0.396 e. The second-order valence-corrected chi connectivity index (χ2v) is 3.74. The summed E-state index contributed by atoms with van der Waals surface area (Å²) < 4.78 is 5.29. The van der Waals surface area contributed by atoms with Gasteiger partial charge in [-0.2, -0.15) is 0 Å². The third-order valence-electron chi connectivity index (χ3n) is 2.75. The number of anilines is 3. The van der Waals surface area contributed by atoms with Gasteiger partial charge in [-0.15, -0.1) is 0 Å². The molecule has 0 bridgehead atoms. The Hall–Kier alpha value is -1.49. The molecule has 5 heteroatoms. The number of ether oxygens (including phenoxy) is 1. The number of pyridine rings is 1. The van der Waals surface area contributed by atoms with Gasteiger partial charge in [0, 0.05) is 20.2 Å². The van der Waals surface area contributed by atoms with Crippen molar-refractivity contribution in [3.8, 4) is 0 Å². The number of nitrogens with two attached hydrogens (primary N) is 2. The van der Waals surface area contributed by atoms with Gasteiger partial charge in [-0.1, -0.05) is 0 Å². The predicted octanol–water partition coefficient (Wildman–Crippen LogP) is 0.471. The molecule has 0 amide bonds. The Morgan fingerprint density at radius 3 is 2.87 bits per heavy atom. The highest BCUT2D eigenvalue weighted by atomic mass is 16.5. The minimum atomic E-state index is 0.297. The van der Waals surface area contributed by atoms with Crippen LogP contribution in [0, 0.1) is 0 Å². The Kier molecular flexibility index (Phi) is 2.64. The van der Waals surface area contributed by atoms with Crippen LogP contribution in [0.2, 0.25) is 0 Å². The highest BCUT2D eigenvalue weighted by Crippen LogP contribution is 2.22. The van der Waals surface area contributed by atoms with Gasteiger partial charge in [0.05, 0.1) is 11.8 Å². The molecular formula is C10H16N4O. The molecule has 2 heterocycles. The van der Waals surface area contributed by atoms with Crippen molar-refractivity contribution in [3.63, 3.8) is 0 Å². The highest BCUT2D eigenvalue weighted by Gasteiger charge is 2.23. The average molecular weight is 208 g/mol. The number of methoxy groups -OCH3 is 1. The van der Waals surface area contributed by atoms with E-state index < -0.39 is 0 Å². The summed E-state index contributed by atoms with van der Waals surface area (Å²) in [5.74, 6) is 1.27. The summed E-state index contributed by atoms with van der Waals surface area (Å²) >= 11 is 0. The van der Waals surface area contributed by atoms with Gasteiger partial charge in [0.1, 0.15) is 11.6 Å². The Bertz CT molecular complexity index is 355. The van der Waals surface area contributed by atoms with Gasteiger partial charge in [-0.25, -0.2) is 4.98 Å². The SMILES string of the molecule is COC1CCN(c2ccc(N)c(N)n2)C1. The lowest BCUT2D eigenvalue weighted by molar-refractivity contribution is 0.121. The first-order chi connectivity index (χ1) is 7.20. The Morgan fingerprint density at radius 1 is 1.47 bits per heavy atom. The molecular weight excluding hydrogens is 192 g/mol. The molecule has 1 atom stereocenters. The van der Waals surface area contributed by atoms with Crippen LogP contribution in [0.1, 0.15) is 6.42 Å². The van der Waals surface area contributed by atoms with E-state index in [0.29, 0.717) is 17.6 Å². The van der Waals surface area contributed by atoms with Crippen molar-refractivity contribution in [2.24, 2.45) is 0 Å². The number of aromatic nitrogens is 1. The van der Waals surface area contributed by atoms with Gasteiger partial charge in [0.25, 0.3) is 0 Å². The highest BCUT2D eigenvalue weighted by molar-refractivity contribution is 5.62. The van der Waals surface area contributed by atoms with E-state index in [-0.39, 0.29) is 0 Å². The Balaban J connectivity index is 2.13. The van der Waals surface area contributed by atoms with Crippen LogP contribution in [-0.2, 0) is 4.74 Å². The zero-order chi connectivity index (χ0) is 10.8. The van der Waals surface area contributed by atoms with Gasteiger partial charge >= 0.3 is 0 Å². The van der Waals surface area contributed by atoms with E-state index in [2.05, 4.69) is 9.88 Å². The second-order valence-electron chi connectivity index (χ2n) is 3.74. The summed E-state index contributed by atoms with van der Waals surface area (Å²) in [6.45, 7) is 1.82. The van der Waals surface area contributed by atoms with Crippen molar-refractivity contribution in [2.75, 3.05) is 36.6 Å². The second kappa shape index (κ2) is 3.94. The average Bonchev–Trinajstić information content (AvgIpc) is 2.70. The molecule has 1 fully saturated rings. The predicted molar refractivity (Wildman–Crippen MR) is 60.7 cm³/mol. The lowest BCUT2D eigenvalue weighted by Crippen LogP contribution is -2.23. The zero-order valence-electron chi connectivity index (χ0n) is 8.81. The molecule has 1 unspecified atom stereocenters. The third-order valence-corrected chi connectivity index (χ3v) is 2.75. The van der Waals surface area contributed by atoms with Crippen LogP contribution in [0.3, 0.4) is 0 Å². The first kappa shape index (κ1) is 10.0. The third kappa shape index (κ3) is 1.97. The van der Waals surface area contributed by atoms with Crippen LogP contribution in [0.5, 0.6) is 0 Å². The van der Waals surface area contributed by atoms with Crippen LogP contribution >= 0.6 is 0 Å². The normalized spacial score (nSPS) is 20.9. The molecule has 1 aromatic rings. The van der Waals surface area contributed by atoms with Crippen molar-refractivity contribution in [1.82, 2.24) is 4.98 Å². The van der Waals surface area contributed by atoms with Crippen molar-refractivity contribution >= 4 is 17.3 Å². The van der Waals surface area contributed by atoms with E-state index >= 15 is 0 Å². The van der Waals surface area contributed by atoms with E-state index in [0.717, 1.165) is 25.3 Å². The maximum absolute atomic E-state index is 5.66. The monoisotopic (exact) mass is 208 g/mol. The molecule has 1 aliphatic rings. The number of nitrogen functional groups attached to an aromatic ring is 2. The van der Waals surface area contributed by atoms with E-state index in [9.17, 15) is 0 Å². The van der Waals surface area contributed by atoms with Crippen LogP contribution in [0.15, 0.2) is 12.1 Å². The molecule has 0 radical (unpaired) electrons. The number of hydrogen-bond donors (Lipinski definition) is 2. The molecule has 1 aromatic heterocycles. The van der Waals surface area contributed by atoms with Crippen LogP contribution in [0.25, 0.3) is 0 Å². The molecule has 0 saturated carbocycles. The fraction of sp³-hybridized carbons (Fsp3) is 0.500. The summed E-state index contributed by atoms with van der Waals surface area (Å²) in [5.41, 5.74) is 11.8. The van der Waals surface area contributed by atoms with Gasteiger partial charge in [-0.3, -0.25) is 0 Å². The summed E-state index contributed by atoms with van der Waals surface area (Å²) in [5, 5.41) is 0. The topological polar surface area (TPSA) is 77.4 Å². The molecule has 15 heavy (non-hydrogen) atoms. The zero-order valence-corrected chi connectivity index (χ0v) is 8.81. The van der Waals surface area contributed by atoms with Crippen LogP contribution < -0.4 is 16.4 Å². The van der Waals surface area contributed by atoms with Crippen molar-refractivity contribution < 1.29 is 4.74 Å². The van der Waals surface area contributed by atoms with Crippen molar-refractivity contribution in [2.45, 2.75) is 12.5 Å². The van der Waals surface area contributed by atoms with E-state index in [4.69, 9.17) is 16.2 Å². The summed E-state index contributed by atoms with van der Waals surface area (Å²) in [7, 11) is 1.74. The van der Waals surface area contributed by atoms with E-state index in [1.807, 2.05) is 6.07 Å². The first-order valence-electron chi connectivity index (χ1n) is 5.00. The summed E-state index contributed by atoms with van der Waals surface area (Å²) in [6.07, 6.45) is 1.33. The smallest absolute Gasteiger partial charge is 0.149 e. The molecule has 0 spiro atoms. The standard InChI is InChI=1S/C10H16N4O/c1-15-7-4-5-14(6-7)9-3-2-8(11)10(12)13-9/h2-3,7H,4-6,11H2,1H3,(H2,12,13). The molecule has 1 saturated heterocycles. The molecule has 82 valence electrons. The lowest BCUT2D eigenvalue weighted by atomic mass is 10.3. The van der Waals surface area contributed by atoms with Crippen molar-refractivity contribution in [1.29, 1.82) is 0 Å². The first-order valence-corrected chi connectivity index (χ1v) is 5.00. The Labute approximate surface area is 89.0 Å². The molecule has 5 nitrogen and oxygen atoms in total.